The van der Waals surface area contributed by atoms with E-state index in [1.165, 1.54) is 4.90 Å². The minimum absolute atomic E-state index is 0.177. The van der Waals surface area contributed by atoms with Crippen LogP contribution < -0.4 is 21.7 Å². The zero-order valence-corrected chi connectivity index (χ0v) is 23.4. The predicted molar refractivity (Wildman–Crippen MR) is 140 cm³/mol. The Kier molecular flexibility index (Phi) is 9.27. The first-order valence-corrected chi connectivity index (χ1v) is 13.9. The van der Waals surface area contributed by atoms with Crippen LogP contribution in [0.3, 0.4) is 0 Å². The van der Waals surface area contributed by atoms with Crippen molar-refractivity contribution >= 4 is 29.5 Å². The number of carbonyl (C=O) groups excluding carboxylic acids is 5. The van der Waals surface area contributed by atoms with Gasteiger partial charge in [0.05, 0.1) is 0 Å². The van der Waals surface area contributed by atoms with Crippen LogP contribution in [0.1, 0.15) is 91.9 Å². The molecular weight excluding hydrogens is 512 g/mol. The summed E-state index contributed by atoms with van der Waals surface area (Å²) < 4.78 is 27.1. The molecule has 220 valence electrons. The summed E-state index contributed by atoms with van der Waals surface area (Å²) in [4.78, 5) is 64.6. The Morgan fingerprint density at radius 1 is 1.03 bits per heavy atom. The molecule has 39 heavy (non-hydrogen) atoms. The first-order valence-electron chi connectivity index (χ1n) is 13.9. The highest BCUT2D eigenvalue weighted by Crippen LogP contribution is 2.51. The van der Waals surface area contributed by atoms with E-state index in [-0.39, 0.29) is 24.9 Å². The Morgan fingerprint density at radius 2 is 1.64 bits per heavy atom. The number of amides is 5. The van der Waals surface area contributed by atoms with Gasteiger partial charge in [-0.2, -0.15) is 0 Å². The van der Waals surface area contributed by atoms with Gasteiger partial charge in [0, 0.05) is 36.9 Å². The molecule has 0 radical (unpaired) electrons. The fourth-order valence-corrected chi connectivity index (χ4v) is 5.70. The second kappa shape index (κ2) is 11.8. The molecule has 0 aromatic heterocycles. The number of hydrogen-bond donors (Lipinski definition) is 4. The second-order valence-electron chi connectivity index (χ2n) is 12.8. The normalized spacial score (nSPS) is 25.2. The molecule has 5 amide bonds. The molecule has 10 nitrogen and oxygen atoms in total. The highest BCUT2D eigenvalue weighted by atomic mass is 19.3. The van der Waals surface area contributed by atoms with Crippen LogP contribution >= 0.6 is 0 Å². The number of halogens is 2. The van der Waals surface area contributed by atoms with Gasteiger partial charge in [0.25, 0.3) is 11.8 Å². The number of likely N-dealkylation sites (tertiary alicyclic amines) is 1. The van der Waals surface area contributed by atoms with Crippen LogP contribution in [0.25, 0.3) is 0 Å². The van der Waals surface area contributed by atoms with Crippen LogP contribution in [0.4, 0.5) is 13.6 Å². The lowest BCUT2D eigenvalue weighted by Gasteiger charge is -2.38. The lowest BCUT2D eigenvalue weighted by Crippen LogP contribution is -2.61. The number of rotatable bonds is 10. The monoisotopic (exact) mass is 555 g/mol. The van der Waals surface area contributed by atoms with E-state index in [9.17, 15) is 32.8 Å². The summed E-state index contributed by atoms with van der Waals surface area (Å²) in [5.41, 5.74) is 4.02. The molecule has 1 saturated heterocycles. The molecule has 0 bridgehead atoms. The standard InChI is InChI=1S/C27H43F2N5O5/c1-25(2,3)20(32-24(39)33-26(4)10-6-5-7-11-26)23(38)34-12-8-9-18(34)22(37)31-17(14-19(35)21(30)36)13-16-15-27(16,28)29/h16-18,20H,5-15H2,1-4H3,(H2,30,36)(H,31,37)(H2,32,33,39). The summed E-state index contributed by atoms with van der Waals surface area (Å²) in [6, 6.07) is -3.26. The van der Waals surface area contributed by atoms with Gasteiger partial charge in [-0.3, -0.25) is 19.2 Å². The van der Waals surface area contributed by atoms with Crippen molar-refractivity contribution in [1.29, 1.82) is 0 Å². The molecule has 1 heterocycles. The third kappa shape index (κ3) is 8.11. The topological polar surface area (TPSA) is 151 Å². The minimum atomic E-state index is -2.87. The fourth-order valence-electron chi connectivity index (χ4n) is 5.70. The fraction of sp³-hybridized carbons (Fsp3) is 0.815. The zero-order valence-electron chi connectivity index (χ0n) is 23.4. The molecule has 12 heteroatoms. The van der Waals surface area contributed by atoms with E-state index in [4.69, 9.17) is 5.73 Å². The van der Waals surface area contributed by atoms with Crippen LogP contribution in [0.15, 0.2) is 0 Å². The highest BCUT2D eigenvalue weighted by molar-refractivity contribution is 6.35. The molecule has 3 aliphatic rings. The summed E-state index contributed by atoms with van der Waals surface area (Å²) in [6.07, 6.45) is 4.75. The number of nitrogens with zero attached hydrogens (tertiary/aromatic N) is 1. The molecule has 1 aliphatic heterocycles. The van der Waals surface area contributed by atoms with Crippen molar-refractivity contribution in [2.24, 2.45) is 17.1 Å². The molecule has 0 spiro atoms. The highest BCUT2D eigenvalue weighted by Gasteiger charge is 2.57. The van der Waals surface area contributed by atoms with Gasteiger partial charge in [-0.1, -0.05) is 40.0 Å². The largest absolute Gasteiger partial charge is 0.363 e. The van der Waals surface area contributed by atoms with Gasteiger partial charge in [0.15, 0.2) is 0 Å². The van der Waals surface area contributed by atoms with Crippen molar-refractivity contribution in [3.63, 3.8) is 0 Å². The lowest BCUT2D eigenvalue weighted by molar-refractivity contribution is -0.142. The quantitative estimate of drug-likeness (QED) is 0.305. The number of nitrogens with one attached hydrogen (secondary N) is 3. The SMILES string of the molecule is CC1(NC(=O)NC(C(=O)N2CCCC2C(=O)NC(CC(=O)C(N)=O)CC2CC2(F)F)C(C)(C)C)CCCCC1. The van der Waals surface area contributed by atoms with Gasteiger partial charge in [0.1, 0.15) is 12.1 Å². The Balaban J connectivity index is 1.69. The van der Waals surface area contributed by atoms with Crippen LogP contribution in [-0.2, 0) is 19.2 Å². The van der Waals surface area contributed by atoms with Gasteiger partial charge in [0.2, 0.25) is 17.6 Å². The smallest absolute Gasteiger partial charge is 0.315 e. The van der Waals surface area contributed by atoms with E-state index in [0.29, 0.717) is 12.8 Å². The Labute approximate surface area is 228 Å². The molecule has 4 unspecified atom stereocenters. The molecule has 4 atom stereocenters. The first-order chi connectivity index (χ1) is 18.0. The number of alkyl halides is 2. The van der Waals surface area contributed by atoms with E-state index in [2.05, 4.69) is 16.0 Å². The average molecular weight is 556 g/mol. The Bertz CT molecular complexity index is 976. The van der Waals surface area contributed by atoms with Crippen molar-refractivity contribution in [3.05, 3.63) is 0 Å². The number of nitrogens with two attached hydrogens (primary N) is 1. The Morgan fingerprint density at radius 3 is 2.18 bits per heavy atom. The third-order valence-electron chi connectivity index (χ3n) is 8.18. The first kappa shape index (κ1) is 30.7. The predicted octanol–water partition coefficient (Wildman–Crippen LogP) is 2.39. The van der Waals surface area contributed by atoms with Crippen molar-refractivity contribution in [2.45, 2.75) is 121 Å². The zero-order chi connectivity index (χ0) is 29.2. The van der Waals surface area contributed by atoms with Crippen LogP contribution in [0.2, 0.25) is 0 Å². The molecule has 0 aromatic carbocycles. The maximum atomic E-state index is 13.7. The van der Waals surface area contributed by atoms with Crippen molar-refractivity contribution in [2.75, 3.05) is 6.54 Å². The van der Waals surface area contributed by atoms with Crippen LogP contribution in [0, 0.1) is 11.3 Å². The molecular formula is C27H43F2N5O5. The van der Waals surface area contributed by atoms with Gasteiger partial charge in [-0.25, -0.2) is 13.6 Å². The summed E-state index contributed by atoms with van der Waals surface area (Å²) in [5, 5.41) is 8.49. The van der Waals surface area contributed by atoms with Gasteiger partial charge in [-0.15, -0.1) is 0 Å². The van der Waals surface area contributed by atoms with E-state index in [0.717, 1.165) is 32.1 Å². The van der Waals surface area contributed by atoms with Crippen molar-refractivity contribution in [1.82, 2.24) is 20.9 Å². The maximum absolute atomic E-state index is 13.7. The number of ketones is 1. The summed E-state index contributed by atoms with van der Waals surface area (Å²) in [7, 11) is 0. The molecule has 5 N–H and O–H groups in total. The second-order valence-corrected chi connectivity index (χ2v) is 12.8. The summed E-state index contributed by atoms with van der Waals surface area (Å²) in [6.45, 7) is 7.76. The van der Waals surface area contributed by atoms with E-state index in [1.807, 2.05) is 27.7 Å². The van der Waals surface area contributed by atoms with Gasteiger partial charge in [-0.05, 0) is 44.4 Å². The van der Waals surface area contributed by atoms with Crippen LogP contribution in [-0.4, -0.2) is 70.6 Å². The van der Waals surface area contributed by atoms with E-state index in [1.54, 1.807) is 0 Å². The van der Waals surface area contributed by atoms with E-state index >= 15 is 0 Å². The minimum Gasteiger partial charge on any atom is -0.363 e. The molecule has 3 rings (SSSR count). The lowest BCUT2D eigenvalue weighted by atomic mass is 9.83. The summed E-state index contributed by atoms with van der Waals surface area (Å²) >= 11 is 0. The molecule has 0 aromatic rings. The number of carbonyl (C=O) groups is 5. The van der Waals surface area contributed by atoms with Crippen molar-refractivity contribution in [3.8, 4) is 0 Å². The van der Waals surface area contributed by atoms with Crippen molar-refractivity contribution < 1.29 is 32.8 Å². The number of primary amides is 1. The molecule has 2 saturated carbocycles. The third-order valence-corrected chi connectivity index (χ3v) is 8.18. The number of urea groups is 1. The Hall–Kier alpha value is -2.79. The maximum Gasteiger partial charge on any atom is 0.315 e. The average Bonchev–Trinajstić information content (AvgIpc) is 3.18. The van der Waals surface area contributed by atoms with Gasteiger partial charge < -0.3 is 26.6 Å². The summed E-state index contributed by atoms with van der Waals surface area (Å²) in [5.74, 6) is -7.02. The molecule has 2 aliphatic carbocycles. The number of hydrogen-bond acceptors (Lipinski definition) is 5. The van der Waals surface area contributed by atoms with E-state index < -0.39 is 71.3 Å². The van der Waals surface area contributed by atoms with Crippen LogP contribution in [0.5, 0.6) is 0 Å². The van der Waals surface area contributed by atoms with Gasteiger partial charge >= 0.3 is 6.03 Å². The molecule has 3 fully saturated rings. The number of Topliss-reactive ketones (excluding diaryl/α,β-unsaturated/α-hetero) is 1.